The Morgan fingerprint density at radius 3 is 2.90 bits per heavy atom. The van der Waals surface area contributed by atoms with E-state index in [9.17, 15) is 4.79 Å². The molecule has 100 valence electrons. The Bertz CT molecular complexity index is 671. The predicted octanol–water partition coefficient (Wildman–Crippen LogP) is 1.35. The van der Waals surface area contributed by atoms with Gasteiger partial charge in [0.15, 0.2) is 0 Å². The van der Waals surface area contributed by atoms with E-state index in [2.05, 4.69) is 27.4 Å². The van der Waals surface area contributed by atoms with Crippen molar-refractivity contribution in [3.63, 3.8) is 0 Å². The molecule has 0 spiro atoms. The quantitative estimate of drug-likeness (QED) is 0.804. The molecule has 0 aliphatic heterocycles. The second kappa shape index (κ2) is 6.45. The van der Waals surface area contributed by atoms with Crippen molar-refractivity contribution in [1.29, 1.82) is 0 Å². The molecule has 1 amide bonds. The lowest BCUT2D eigenvalue weighted by atomic mass is 10.1. The van der Waals surface area contributed by atoms with Crippen LogP contribution in [-0.2, 0) is 0 Å². The van der Waals surface area contributed by atoms with E-state index in [1.807, 2.05) is 25.1 Å². The van der Waals surface area contributed by atoms with Crippen molar-refractivity contribution in [2.24, 2.45) is 5.73 Å². The SMILES string of the molecule is Cc1ccc(NC(=O)c2ccnnc2)cc1C#CCN. The molecule has 2 aromatic rings. The number of aromatic nitrogens is 2. The highest BCUT2D eigenvalue weighted by atomic mass is 16.1. The lowest BCUT2D eigenvalue weighted by molar-refractivity contribution is 0.102. The molecule has 5 heteroatoms. The number of rotatable bonds is 2. The van der Waals surface area contributed by atoms with Crippen LogP contribution in [-0.4, -0.2) is 22.6 Å². The molecule has 0 unspecified atom stereocenters. The first kappa shape index (κ1) is 13.7. The summed E-state index contributed by atoms with van der Waals surface area (Å²) in [5.41, 5.74) is 8.38. The third-order valence-electron chi connectivity index (χ3n) is 2.67. The summed E-state index contributed by atoms with van der Waals surface area (Å²) in [6.07, 6.45) is 2.89. The van der Waals surface area contributed by atoms with Gasteiger partial charge in [0.25, 0.3) is 5.91 Å². The van der Waals surface area contributed by atoms with E-state index in [1.165, 1.54) is 12.4 Å². The first-order valence-electron chi connectivity index (χ1n) is 6.08. The fraction of sp³-hybridized carbons (Fsp3) is 0.133. The van der Waals surface area contributed by atoms with Crippen molar-refractivity contribution < 1.29 is 4.79 Å². The molecule has 3 N–H and O–H groups in total. The van der Waals surface area contributed by atoms with Crippen LogP contribution in [0.3, 0.4) is 0 Å². The molecule has 0 aliphatic carbocycles. The lowest BCUT2D eigenvalue weighted by Crippen LogP contribution is -2.12. The molecule has 2 rings (SSSR count). The van der Waals surface area contributed by atoms with E-state index in [0.717, 1.165) is 11.1 Å². The average Bonchev–Trinajstić information content (AvgIpc) is 2.48. The van der Waals surface area contributed by atoms with Crippen molar-refractivity contribution in [2.45, 2.75) is 6.92 Å². The molecular weight excluding hydrogens is 252 g/mol. The van der Waals surface area contributed by atoms with Crippen LogP contribution in [0.4, 0.5) is 5.69 Å². The maximum absolute atomic E-state index is 12.0. The van der Waals surface area contributed by atoms with Gasteiger partial charge < -0.3 is 11.1 Å². The van der Waals surface area contributed by atoms with Crippen LogP contribution in [0.2, 0.25) is 0 Å². The second-order valence-electron chi connectivity index (χ2n) is 4.12. The van der Waals surface area contributed by atoms with Gasteiger partial charge in [0.1, 0.15) is 0 Å². The Kier molecular flexibility index (Phi) is 4.43. The van der Waals surface area contributed by atoms with Gasteiger partial charge in [0.05, 0.1) is 24.5 Å². The Balaban J connectivity index is 2.20. The molecule has 5 nitrogen and oxygen atoms in total. The average molecular weight is 266 g/mol. The van der Waals surface area contributed by atoms with Gasteiger partial charge in [-0.3, -0.25) is 4.79 Å². The summed E-state index contributed by atoms with van der Waals surface area (Å²) in [6, 6.07) is 7.16. The molecule has 0 saturated heterocycles. The Hall–Kier alpha value is -2.71. The predicted molar refractivity (Wildman–Crippen MR) is 77.1 cm³/mol. The van der Waals surface area contributed by atoms with Crippen LogP contribution in [0.5, 0.6) is 0 Å². The van der Waals surface area contributed by atoms with Crippen molar-refractivity contribution in [3.05, 3.63) is 53.3 Å². The standard InChI is InChI=1S/C15H14N4O/c1-11-4-5-14(9-12(11)3-2-7-16)19-15(20)13-6-8-17-18-10-13/h4-6,8-10H,7,16H2,1H3,(H,19,20). The number of hydrogen-bond acceptors (Lipinski definition) is 4. The monoisotopic (exact) mass is 266 g/mol. The van der Waals surface area contributed by atoms with Crippen molar-refractivity contribution in [1.82, 2.24) is 10.2 Å². The normalized spacial score (nSPS) is 9.50. The summed E-state index contributed by atoms with van der Waals surface area (Å²) in [7, 11) is 0. The molecule has 0 bridgehead atoms. The summed E-state index contributed by atoms with van der Waals surface area (Å²) < 4.78 is 0. The number of nitrogens with zero attached hydrogens (tertiary/aromatic N) is 2. The van der Waals surface area contributed by atoms with Gasteiger partial charge in [-0.2, -0.15) is 10.2 Å². The van der Waals surface area contributed by atoms with Crippen LogP contribution in [0.15, 0.2) is 36.7 Å². The molecule has 0 atom stereocenters. The lowest BCUT2D eigenvalue weighted by Gasteiger charge is -2.06. The van der Waals surface area contributed by atoms with Crippen molar-refractivity contribution >= 4 is 11.6 Å². The summed E-state index contributed by atoms with van der Waals surface area (Å²) in [4.78, 5) is 12.0. The maximum atomic E-state index is 12.0. The molecule has 1 aromatic heterocycles. The minimum Gasteiger partial charge on any atom is -0.322 e. The minimum atomic E-state index is -0.235. The number of amides is 1. The Morgan fingerprint density at radius 1 is 1.35 bits per heavy atom. The van der Waals surface area contributed by atoms with Crippen LogP contribution in [0.1, 0.15) is 21.5 Å². The van der Waals surface area contributed by atoms with Gasteiger partial charge in [0.2, 0.25) is 0 Å². The highest BCUT2D eigenvalue weighted by Crippen LogP contribution is 2.15. The maximum Gasteiger partial charge on any atom is 0.257 e. The third-order valence-corrected chi connectivity index (χ3v) is 2.67. The van der Waals surface area contributed by atoms with Crippen LogP contribution in [0, 0.1) is 18.8 Å². The molecule has 0 saturated carbocycles. The van der Waals surface area contributed by atoms with Gasteiger partial charge in [0, 0.05) is 11.3 Å². The minimum absolute atomic E-state index is 0.235. The molecule has 0 aliphatic rings. The number of anilines is 1. The first-order chi connectivity index (χ1) is 9.70. The molecule has 0 radical (unpaired) electrons. The van der Waals surface area contributed by atoms with E-state index in [0.29, 0.717) is 17.8 Å². The third kappa shape index (κ3) is 3.40. The summed E-state index contributed by atoms with van der Waals surface area (Å²) in [5, 5.41) is 10.1. The molecule has 0 fully saturated rings. The fourth-order valence-electron chi connectivity index (χ4n) is 1.61. The Morgan fingerprint density at radius 2 is 2.20 bits per heavy atom. The number of aryl methyl sites for hydroxylation is 1. The van der Waals surface area contributed by atoms with E-state index in [4.69, 9.17) is 5.73 Å². The van der Waals surface area contributed by atoms with Gasteiger partial charge >= 0.3 is 0 Å². The molecule has 20 heavy (non-hydrogen) atoms. The van der Waals surface area contributed by atoms with Crippen LogP contribution in [0.25, 0.3) is 0 Å². The van der Waals surface area contributed by atoms with E-state index in [1.54, 1.807) is 6.07 Å². The molecule has 1 aromatic carbocycles. The zero-order valence-corrected chi connectivity index (χ0v) is 11.1. The zero-order valence-electron chi connectivity index (χ0n) is 11.1. The largest absolute Gasteiger partial charge is 0.322 e. The molecular formula is C15H14N4O. The van der Waals surface area contributed by atoms with Crippen LogP contribution < -0.4 is 11.1 Å². The van der Waals surface area contributed by atoms with E-state index < -0.39 is 0 Å². The highest BCUT2D eigenvalue weighted by Gasteiger charge is 2.06. The van der Waals surface area contributed by atoms with E-state index >= 15 is 0 Å². The topological polar surface area (TPSA) is 80.9 Å². The van der Waals surface area contributed by atoms with Gasteiger partial charge in [-0.05, 0) is 30.7 Å². The smallest absolute Gasteiger partial charge is 0.257 e. The number of benzene rings is 1. The number of nitrogens with one attached hydrogen (secondary N) is 1. The zero-order chi connectivity index (χ0) is 14.4. The number of hydrogen-bond donors (Lipinski definition) is 2. The summed E-state index contributed by atoms with van der Waals surface area (Å²) in [5.74, 6) is 5.55. The summed E-state index contributed by atoms with van der Waals surface area (Å²) >= 11 is 0. The number of nitrogens with two attached hydrogens (primary N) is 1. The highest BCUT2D eigenvalue weighted by molar-refractivity contribution is 6.04. The number of carbonyl (C=O) groups is 1. The molecule has 1 heterocycles. The van der Waals surface area contributed by atoms with Crippen molar-refractivity contribution in [3.8, 4) is 11.8 Å². The van der Waals surface area contributed by atoms with Crippen LogP contribution >= 0.6 is 0 Å². The summed E-state index contributed by atoms with van der Waals surface area (Å²) in [6.45, 7) is 2.26. The van der Waals surface area contributed by atoms with Gasteiger partial charge in [-0.25, -0.2) is 0 Å². The van der Waals surface area contributed by atoms with Crippen molar-refractivity contribution in [2.75, 3.05) is 11.9 Å². The van der Waals surface area contributed by atoms with Gasteiger partial charge in [-0.1, -0.05) is 17.9 Å². The number of carbonyl (C=O) groups excluding carboxylic acids is 1. The van der Waals surface area contributed by atoms with Gasteiger partial charge in [-0.15, -0.1) is 0 Å². The Labute approximate surface area is 117 Å². The first-order valence-corrected chi connectivity index (χ1v) is 6.08. The fourth-order valence-corrected chi connectivity index (χ4v) is 1.61. The second-order valence-corrected chi connectivity index (χ2v) is 4.12. The van der Waals surface area contributed by atoms with E-state index in [-0.39, 0.29) is 5.91 Å².